The molecule has 2 aromatic heterocycles. The van der Waals surface area contributed by atoms with Gasteiger partial charge in [-0.25, -0.2) is 0 Å². The molecular weight excluding hydrogens is 230 g/mol. The molecule has 0 amide bonds. The Morgan fingerprint density at radius 3 is 2.94 bits per heavy atom. The summed E-state index contributed by atoms with van der Waals surface area (Å²) in [6, 6.07) is 3.83. The molecule has 98 valence electrons. The number of rotatable bonds is 5. The molecule has 2 atom stereocenters. The zero-order valence-electron chi connectivity index (χ0n) is 10.9. The number of nitrogens with zero attached hydrogens (tertiary/aromatic N) is 2. The summed E-state index contributed by atoms with van der Waals surface area (Å²) in [5.74, 6) is 0.858. The Labute approximate surface area is 106 Å². The molecule has 2 heterocycles. The van der Waals surface area contributed by atoms with Crippen molar-refractivity contribution in [2.24, 2.45) is 7.05 Å². The van der Waals surface area contributed by atoms with Crippen molar-refractivity contribution in [2.75, 3.05) is 6.54 Å². The van der Waals surface area contributed by atoms with Gasteiger partial charge in [-0.2, -0.15) is 5.10 Å². The van der Waals surface area contributed by atoms with E-state index in [0.29, 0.717) is 6.54 Å². The van der Waals surface area contributed by atoms with Crippen LogP contribution in [0.1, 0.15) is 31.2 Å². The number of nitrogens with one attached hydrogen (secondary N) is 1. The van der Waals surface area contributed by atoms with Crippen molar-refractivity contribution >= 4 is 0 Å². The molecule has 0 spiro atoms. The predicted octanol–water partition coefficient (Wildman–Crippen LogP) is 1.57. The summed E-state index contributed by atoms with van der Waals surface area (Å²) in [7, 11) is 1.83. The fraction of sp³-hybridized carbons (Fsp3) is 0.462. The Kier molecular flexibility index (Phi) is 3.54. The zero-order chi connectivity index (χ0) is 13.2. The monoisotopic (exact) mass is 249 g/mol. The fourth-order valence-corrected chi connectivity index (χ4v) is 1.79. The molecule has 0 aliphatic carbocycles. The van der Waals surface area contributed by atoms with Gasteiger partial charge in [0.1, 0.15) is 11.4 Å². The Morgan fingerprint density at radius 2 is 2.39 bits per heavy atom. The van der Waals surface area contributed by atoms with Crippen LogP contribution in [0, 0.1) is 0 Å². The summed E-state index contributed by atoms with van der Waals surface area (Å²) in [4.78, 5) is 0. The highest BCUT2D eigenvalue weighted by molar-refractivity contribution is 5.15. The van der Waals surface area contributed by atoms with Crippen molar-refractivity contribution in [2.45, 2.75) is 25.5 Å². The van der Waals surface area contributed by atoms with Crippen molar-refractivity contribution in [3.63, 3.8) is 0 Å². The minimum Gasteiger partial charge on any atom is -0.468 e. The molecule has 0 bridgehead atoms. The molecule has 0 saturated carbocycles. The van der Waals surface area contributed by atoms with E-state index in [1.165, 1.54) is 0 Å². The molecule has 18 heavy (non-hydrogen) atoms. The lowest BCUT2D eigenvalue weighted by atomic mass is 9.99. The summed E-state index contributed by atoms with van der Waals surface area (Å²) < 4.78 is 6.99. The number of aliphatic hydroxyl groups is 1. The summed E-state index contributed by atoms with van der Waals surface area (Å²) in [5, 5.41) is 17.7. The van der Waals surface area contributed by atoms with Gasteiger partial charge in [-0.05, 0) is 26.0 Å². The Balaban J connectivity index is 1.97. The van der Waals surface area contributed by atoms with E-state index in [0.717, 1.165) is 11.3 Å². The maximum Gasteiger partial charge on any atom is 0.120 e. The smallest absolute Gasteiger partial charge is 0.120 e. The van der Waals surface area contributed by atoms with Crippen LogP contribution < -0.4 is 5.32 Å². The van der Waals surface area contributed by atoms with Crippen molar-refractivity contribution in [3.05, 3.63) is 42.1 Å². The summed E-state index contributed by atoms with van der Waals surface area (Å²) in [6.07, 6.45) is 5.14. The van der Waals surface area contributed by atoms with Gasteiger partial charge in [0.2, 0.25) is 0 Å². The molecule has 5 heteroatoms. The van der Waals surface area contributed by atoms with Crippen LogP contribution in [0.2, 0.25) is 0 Å². The van der Waals surface area contributed by atoms with Gasteiger partial charge in [0.05, 0.1) is 18.5 Å². The molecule has 0 aliphatic rings. The molecule has 0 fully saturated rings. The van der Waals surface area contributed by atoms with E-state index in [1.54, 1.807) is 24.1 Å². The number of aromatic nitrogens is 2. The van der Waals surface area contributed by atoms with E-state index in [9.17, 15) is 5.11 Å². The molecule has 0 radical (unpaired) electrons. The van der Waals surface area contributed by atoms with E-state index in [2.05, 4.69) is 10.4 Å². The van der Waals surface area contributed by atoms with Crippen LogP contribution in [0.3, 0.4) is 0 Å². The molecule has 2 rings (SSSR count). The van der Waals surface area contributed by atoms with E-state index in [1.807, 2.05) is 32.3 Å². The number of hydrogen-bond donors (Lipinski definition) is 2. The average molecular weight is 249 g/mol. The second kappa shape index (κ2) is 4.96. The number of furan rings is 1. The third kappa shape index (κ3) is 2.80. The summed E-state index contributed by atoms with van der Waals surface area (Å²) in [5.41, 5.74) is -0.154. The van der Waals surface area contributed by atoms with Gasteiger partial charge >= 0.3 is 0 Å². The van der Waals surface area contributed by atoms with Gasteiger partial charge in [-0.1, -0.05) is 0 Å². The van der Waals surface area contributed by atoms with Crippen molar-refractivity contribution < 1.29 is 9.52 Å². The minimum absolute atomic E-state index is 0.0585. The SMILES string of the molecule is CC(NCC(C)(O)c1cnn(C)c1)c1ccco1. The quantitative estimate of drug-likeness (QED) is 0.844. The number of hydrogen-bond acceptors (Lipinski definition) is 4. The summed E-state index contributed by atoms with van der Waals surface area (Å²) in [6.45, 7) is 4.20. The van der Waals surface area contributed by atoms with Crippen LogP contribution >= 0.6 is 0 Å². The van der Waals surface area contributed by atoms with Crippen molar-refractivity contribution in [1.82, 2.24) is 15.1 Å². The zero-order valence-corrected chi connectivity index (χ0v) is 10.9. The van der Waals surface area contributed by atoms with E-state index >= 15 is 0 Å². The lowest BCUT2D eigenvalue weighted by molar-refractivity contribution is 0.0536. The molecule has 2 aromatic rings. The topological polar surface area (TPSA) is 63.2 Å². The highest BCUT2D eigenvalue weighted by Crippen LogP contribution is 2.20. The van der Waals surface area contributed by atoms with Gasteiger partial charge in [0, 0.05) is 25.4 Å². The molecular formula is C13H19N3O2. The Bertz CT molecular complexity index is 488. The highest BCUT2D eigenvalue weighted by Gasteiger charge is 2.25. The highest BCUT2D eigenvalue weighted by atomic mass is 16.3. The second-order valence-corrected chi connectivity index (χ2v) is 4.79. The minimum atomic E-state index is -0.949. The molecule has 2 unspecified atom stereocenters. The summed E-state index contributed by atoms with van der Waals surface area (Å²) >= 11 is 0. The first kappa shape index (κ1) is 12.9. The van der Waals surface area contributed by atoms with Crippen LogP contribution in [0.5, 0.6) is 0 Å². The van der Waals surface area contributed by atoms with Crippen molar-refractivity contribution in [3.8, 4) is 0 Å². The van der Waals surface area contributed by atoms with Crippen LogP contribution in [0.15, 0.2) is 35.2 Å². The van der Waals surface area contributed by atoms with E-state index in [-0.39, 0.29) is 6.04 Å². The van der Waals surface area contributed by atoms with Crippen LogP contribution in [0.25, 0.3) is 0 Å². The maximum absolute atomic E-state index is 10.4. The first-order valence-electron chi connectivity index (χ1n) is 5.97. The lowest BCUT2D eigenvalue weighted by Gasteiger charge is -2.24. The first-order chi connectivity index (χ1) is 8.49. The van der Waals surface area contributed by atoms with Crippen molar-refractivity contribution in [1.29, 1.82) is 0 Å². The van der Waals surface area contributed by atoms with Gasteiger partial charge in [0.15, 0.2) is 0 Å². The second-order valence-electron chi connectivity index (χ2n) is 4.79. The third-order valence-electron chi connectivity index (χ3n) is 3.05. The van der Waals surface area contributed by atoms with E-state index in [4.69, 9.17) is 4.42 Å². The van der Waals surface area contributed by atoms with Crippen LogP contribution in [-0.4, -0.2) is 21.4 Å². The van der Waals surface area contributed by atoms with Gasteiger partial charge < -0.3 is 14.8 Å². The first-order valence-corrected chi connectivity index (χ1v) is 5.97. The van der Waals surface area contributed by atoms with Crippen LogP contribution in [-0.2, 0) is 12.6 Å². The van der Waals surface area contributed by atoms with Crippen LogP contribution in [0.4, 0.5) is 0 Å². The van der Waals surface area contributed by atoms with Gasteiger partial charge in [-0.15, -0.1) is 0 Å². The largest absolute Gasteiger partial charge is 0.468 e. The molecule has 5 nitrogen and oxygen atoms in total. The Morgan fingerprint density at radius 1 is 1.61 bits per heavy atom. The standard InChI is InChI=1S/C13H19N3O2/c1-10(12-5-4-6-18-12)14-9-13(2,17)11-7-15-16(3)8-11/h4-8,10,14,17H,9H2,1-3H3. The predicted molar refractivity (Wildman–Crippen MR) is 67.9 cm³/mol. The van der Waals surface area contributed by atoms with Gasteiger partial charge in [0.25, 0.3) is 0 Å². The number of aryl methyl sites for hydroxylation is 1. The average Bonchev–Trinajstić information content (AvgIpc) is 2.96. The fourth-order valence-electron chi connectivity index (χ4n) is 1.79. The van der Waals surface area contributed by atoms with E-state index < -0.39 is 5.60 Å². The third-order valence-corrected chi connectivity index (χ3v) is 3.05. The van der Waals surface area contributed by atoms with Gasteiger partial charge in [-0.3, -0.25) is 4.68 Å². The Hall–Kier alpha value is -1.59. The maximum atomic E-state index is 10.4. The molecule has 0 saturated heterocycles. The molecule has 0 aliphatic heterocycles. The molecule has 0 aromatic carbocycles. The lowest BCUT2D eigenvalue weighted by Crippen LogP contribution is -2.36. The molecule has 2 N–H and O–H groups in total. The normalized spacial score (nSPS) is 16.4.